The van der Waals surface area contributed by atoms with Gasteiger partial charge in [0.25, 0.3) is 0 Å². The maximum atomic E-state index is 11.9. The third-order valence-electron chi connectivity index (χ3n) is 2.65. The van der Waals surface area contributed by atoms with Crippen LogP contribution in [-0.4, -0.2) is 13.0 Å². The number of carbonyl (C=O) groups excluding carboxylic acids is 1. The van der Waals surface area contributed by atoms with Crippen molar-refractivity contribution in [2.24, 2.45) is 0 Å². The van der Waals surface area contributed by atoms with E-state index in [4.69, 9.17) is 4.74 Å². The van der Waals surface area contributed by atoms with Gasteiger partial charge in [0, 0.05) is 10.5 Å². The molecule has 0 saturated carbocycles. The maximum absolute atomic E-state index is 11.9. The molecular weight excluding hydrogens is 318 g/mol. The summed E-state index contributed by atoms with van der Waals surface area (Å²) in [5, 5.41) is 2.79. The molecule has 0 unspecified atom stereocenters. The zero-order valence-electron chi connectivity index (χ0n) is 11.0. The van der Waals surface area contributed by atoms with Crippen LogP contribution in [0.3, 0.4) is 0 Å². The first-order chi connectivity index (χ1) is 9.69. The molecule has 2 aromatic carbocycles. The topological polar surface area (TPSA) is 38.3 Å². The molecule has 102 valence electrons. The highest BCUT2D eigenvalue weighted by molar-refractivity contribution is 9.10. The fourth-order valence-electron chi connectivity index (χ4n) is 1.68. The van der Waals surface area contributed by atoms with E-state index in [1.165, 1.54) is 6.08 Å². The Morgan fingerprint density at radius 2 is 1.95 bits per heavy atom. The molecule has 0 atom stereocenters. The van der Waals surface area contributed by atoms with E-state index in [0.29, 0.717) is 11.4 Å². The summed E-state index contributed by atoms with van der Waals surface area (Å²) in [5.74, 6) is 0.412. The number of rotatable bonds is 4. The fraction of sp³-hybridized carbons (Fsp3) is 0.0625. The second-order valence-electron chi connectivity index (χ2n) is 4.08. The number of amides is 1. The van der Waals surface area contributed by atoms with Crippen LogP contribution in [0.4, 0.5) is 5.69 Å². The van der Waals surface area contributed by atoms with Crippen LogP contribution in [0.25, 0.3) is 6.08 Å². The van der Waals surface area contributed by atoms with Gasteiger partial charge in [-0.3, -0.25) is 4.79 Å². The van der Waals surface area contributed by atoms with Gasteiger partial charge < -0.3 is 10.1 Å². The predicted molar refractivity (Wildman–Crippen MR) is 84.8 cm³/mol. The van der Waals surface area contributed by atoms with Crippen molar-refractivity contribution in [1.82, 2.24) is 0 Å². The zero-order chi connectivity index (χ0) is 14.4. The van der Waals surface area contributed by atoms with Crippen molar-refractivity contribution in [2.45, 2.75) is 0 Å². The number of hydrogen-bond acceptors (Lipinski definition) is 2. The molecule has 20 heavy (non-hydrogen) atoms. The summed E-state index contributed by atoms with van der Waals surface area (Å²) in [4.78, 5) is 11.9. The lowest BCUT2D eigenvalue weighted by Crippen LogP contribution is -2.08. The normalized spacial score (nSPS) is 10.5. The Bertz CT molecular complexity index is 624. The van der Waals surface area contributed by atoms with Crippen molar-refractivity contribution >= 4 is 33.6 Å². The molecule has 4 heteroatoms. The number of carbonyl (C=O) groups is 1. The van der Waals surface area contributed by atoms with Gasteiger partial charge in [0.05, 0.1) is 12.8 Å². The molecule has 0 aromatic heterocycles. The Morgan fingerprint density at radius 3 is 2.65 bits per heavy atom. The van der Waals surface area contributed by atoms with Gasteiger partial charge >= 0.3 is 0 Å². The number of ether oxygens (including phenoxy) is 1. The lowest BCUT2D eigenvalue weighted by Gasteiger charge is -2.08. The van der Waals surface area contributed by atoms with Crippen molar-refractivity contribution in [3.05, 3.63) is 64.6 Å². The van der Waals surface area contributed by atoms with Gasteiger partial charge in [-0.2, -0.15) is 0 Å². The standard InChI is InChI=1S/C16H14BrNO2/c1-20-15-11-13(17)8-9-14(15)18-16(19)10-7-12-5-3-2-4-6-12/h2-11H,1H3,(H,18,19). The van der Waals surface area contributed by atoms with Crippen LogP contribution in [0.15, 0.2) is 59.1 Å². The fourth-order valence-corrected chi connectivity index (χ4v) is 2.02. The Labute approximate surface area is 126 Å². The van der Waals surface area contributed by atoms with E-state index < -0.39 is 0 Å². The average molecular weight is 332 g/mol. The molecular formula is C16H14BrNO2. The summed E-state index contributed by atoms with van der Waals surface area (Å²) in [5.41, 5.74) is 1.61. The molecule has 1 amide bonds. The summed E-state index contributed by atoms with van der Waals surface area (Å²) in [6.07, 6.45) is 3.26. The molecule has 2 rings (SSSR count). The van der Waals surface area contributed by atoms with Gasteiger partial charge in [-0.15, -0.1) is 0 Å². The first-order valence-corrected chi connectivity index (χ1v) is 6.86. The quantitative estimate of drug-likeness (QED) is 0.856. The number of benzene rings is 2. The van der Waals surface area contributed by atoms with Crippen LogP contribution < -0.4 is 10.1 Å². The lowest BCUT2D eigenvalue weighted by molar-refractivity contribution is -0.111. The third-order valence-corrected chi connectivity index (χ3v) is 3.14. The van der Waals surface area contributed by atoms with E-state index in [2.05, 4.69) is 21.2 Å². The zero-order valence-corrected chi connectivity index (χ0v) is 12.6. The van der Waals surface area contributed by atoms with Gasteiger partial charge in [0.2, 0.25) is 5.91 Å². The third kappa shape index (κ3) is 3.96. The van der Waals surface area contributed by atoms with E-state index in [1.807, 2.05) is 36.4 Å². The molecule has 0 spiro atoms. The van der Waals surface area contributed by atoms with Crippen molar-refractivity contribution in [3.63, 3.8) is 0 Å². The van der Waals surface area contributed by atoms with Crippen LogP contribution in [-0.2, 0) is 4.79 Å². The monoisotopic (exact) mass is 331 g/mol. The minimum atomic E-state index is -0.200. The smallest absolute Gasteiger partial charge is 0.248 e. The number of nitrogens with one attached hydrogen (secondary N) is 1. The first kappa shape index (κ1) is 14.3. The van der Waals surface area contributed by atoms with Gasteiger partial charge in [-0.25, -0.2) is 0 Å². The van der Waals surface area contributed by atoms with Crippen molar-refractivity contribution in [3.8, 4) is 5.75 Å². The summed E-state index contributed by atoms with van der Waals surface area (Å²) < 4.78 is 6.12. The highest BCUT2D eigenvalue weighted by Crippen LogP contribution is 2.27. The molecule has 0 fully saturated rings. The second kappa shape index (κ2) is 6.91. The van der Waals surface area contributed by atoms with Gasteiger partial charge in [-0.1, -0.05) is 46.3 Å². The molecule has 1 N–H and O–H groups in total. The van der Waals surface area contributed by atoms with Crippen LogP contribution >= 0.6 is 15.9 Å². The summed E-state index contributed by atoms with van der Waals surface area (Å²) in [7, 11) is 1.57. The van der Waals surface area contributed by atoms with E-state index in [9.17, 15) is 4.79 Å². The molecule has 0 aliphatic heterocycles. The van der Waals surface area contributed by atoms with Gasteiger partial charge in [0.15, 0.2) is 0 Å². The van der Waals surface area contributed by atoms with Gasteiger partial charge in [0.1, 0.15) is 5.75 Å². The van der Waals surface area contributed by atoms with Crippen molar-refractivity contribution < 1.29 is 9.53 Å². The van der Waals surface area contributed by atoms with Crippen LogP contribution in [0.1, 0.15) is 5.56 Å². The molecule has 2 aromatic rings. The van der Waals surface area contributed by atoms with Gasteiger partial charge in [-0.05, 0) is 29.8 Å². The molecule has 0 saturated heterocycles. The van der Waals surface area contributed by atoms with Crippen LogP contribution in [0, 0.1) is 0 Å². The Hall–Kier alpha value is -2.07. The van der Waals surface area contributed by atoms with Crippen LogP contribution in [0.2, 0.25) is 0 Å². The molecule has 0 radical (unpaired) electrons. The molecule has 0 bridgehead atoms. The predicted octanol–water partition coefficient (Wildman–Crippen LogP) is 4.11. The average Bonchev–Trinajstić information content (AvgIpc) is 2.48. The molecule has 3 nitrogen and oxygen atoms in total. The molecule has 0 aliphatic carbocycles. The SMILES string of the molecule is COc1cc(Br)ccc1NC(=O)C=Cc1ccccc1. The number of halogens is 1. The molecule has 0 heterocycles. The number of anilines is 1. The minimum absolute atomic E-state index is 0.200. The van der Waals surface area contributed by atoms with E-state index in [-0.39, 0.29) is 5.91 Å². The summed E-state index contributed by atoms with van der Waals surface area (Å²) >= 11 is 3.36. The number of hydrogen-bond donors (Lipinski definition) is 1. The van der Waals surface area contributed by atoms with E-state index >= 15 is 0 Å². The van der Waals surface area contributed by atoms with Crippen molar-refractivity contribution in [1.29, 1.82) is 0 Å². The van der Waals surface area contributed by atoms with E-state index in [0.717, 1.165) is 10.0 Å². The number of methoxy groups -OCH3 is 1. The summed E-state index contributed by atoms with van der Waals surface area (Å²) in [6, 6.07) is 15.1. The highest BCUT2D eigenvalue weighted by Gasteiger charge is 2.05. The first-order valence-electron chi connectivity index (χ1n) is 6.06. The maximum Gasteiger partial charge on any atom is 0.248 e. The second-order valence-corrected chi connectivity index (χ2v) is 4.99. The van der Waals surface area contributed by atoms with Crippen LogP contribution in [0.5, 0.6) is 5.75 Å². The molecule has 0 aliphatic rings. The lowest BCUT2D eigenvalue weighted by atomic mass is 10.2. The van der Waals surface area contributed by atoms with Crippen molar-refractivity contribution in [2.75, 3.05) is 12.4 Å². The Kier molecular flexibility index (Phi) is 4.96. The largest absolute Gasteiger partial charge is 0.495 e. The highest BCUT2D eigenvalue weighted by atomic mass is 79.9. The van der Waals surface area contributed by atoms with E-state index in [1.54, 1.807) is 25.3 Å². The summed E-state index contributed by atoms with van der Waals surface area (Å²) in [6.45, 7) is 0. The Balaban J connectivity index is 2.07. The Morgan fingerprint density at radius 1 is 1.20 bits per heavy atom. The minimum Gasteiger partial charge on any atom is -0.495 e.